The monoisotopic (exact) mass is 273 g/mol. The molecule has 1 heterocycles. The van der Waals surface area contributed by atoms with Crippen LogP contribution in [-0.2, 0) is 12.1 Å². The zero-order chi connectivity index (χ0) is 10.1. The summed E-state index contributed by atoms with van der Waals surface area (Å²) in [7, 11) is 0. The minimum Gasteiger partial charge on any atom is -0.248 e. The number of nitrogens with zero attached hydrogens (tertiary/aromatic N) is 1. The van der Waals surface area contributed by atoms with E-state index in [1.165, 1.54) is 0 Å². The molecule has 0 aliphatic carbocycles. The van der Waals surface area contributed by atoms with Gasteiger partial charge in [0.05, 0.1) is 11.4 Å². The summed E-state index contributed by atoms with van der Waals surface area (Å²) in [6, 6.07) is 0.976. The molecule has 0 unspecified atom stereocenters. The van der Waals surface area contributed by atoms with E-state index in [0.29, 0.717) is 10.2 Å². The van der Waals surface area contributed by atoms with Gasteiger partial charge in [0.2, 0.25) is 0 Å². The summed E-state index contributed by atoms with van der Waals surface area (Å²) in [4.78, 5) is 3.53. The van der Waals surface area contributed by atoms with Crippen molar-refractivity contribution in [1.82, 2.24) is 4.98 Å². The van der Waals surface area contributed by atoms with Crippen LogP contribution in [0.15, 0.2) is 16.9 Å². The first-order valence-corrected chi connectivity index (χ1v) is 4.55. The second-order valence-corrected chi connectivity index (χ2v) is 3.32. The van der Waals surface area contributed by atoms with E-state index in [9.17, 15) is 13.2 Å². The predicted molar refractivity (Wildman–Crippen MR) is 46.5 cm³/mol. The summed E-state index contributed by atoms with van der Waals surface area (Å²) in [5, 5.41) is 0. The van der Waals surface area contributed by atoms with Crippen LogP contribution in [0, 0.1) is 0 Å². The lowest BCUT2D eigenvalue weighted by molar-refractivity contribution is -0.137. The highest BCUT2D eigenvalue weighted by Gasteiger charge is 2.31. The Morgan fingerprint density at radius 2 is 2.08 bits per heavy atom. The first-order valence-electron chi connectivity index (χ1n) is 3.22. The summed E-state index contributed by atoms with van der Waals surface area (Å²) < 4.78 is 36.8. The molecule has 72 valence electrons. The van der Waals surface area contributed by atoms with Crippen molar-refractivity contribution in [3.05, 3.63) is 28.0 Å². The van der Waals surface area contributed by atoms with Crippen molar-refractivity contribution >= 4 is 27.5 Å². The van der Waals surface area contributed by atoms with E-state index in [1.807, 2.05) is 0 Å². The van der Waals surface area contributed by atoms with Gasteiger partial charge in [-0.05, 0) is 22.0 Å². The number of rotatable bonds is 1. The highest BCUT2D eigenvalue weighted by Crippen LogP contribution is 2.30. The lowest BCUT2D eigenvalue weighted by Gasteiger charge is -2.07. The molecule has 0 aliphatic heterocycles. The van der Waals surface area contributed by atoms with Gasteiger partial charge in [-0.3, -0.25) is 0 Å². The Balaban J connectivity index is 3.14. The number of halogens is 5. The molecule has 0 N–H and O–H groups in total. The van der Waals surface area contributed by atoms with Crippen LogP contribution >= 0.6 is 27.5 Å². The molecule has 1 rings (SSSR count). The molecule has 1 aromatic rings. The molecular weight excluding hydrogens is 270 g/mol. The SMILES string of the molecule is FC(F)(F)c1cnc(Br)c(CCl)c1. The smallest absolute Gasteiger partial charge is 0.248 e. The predicted octanol–water partition coefficient (Wildman–Crippen LogP) is 3.60. The summed E-state index contributed by atoms with van der Waals surface area (Å²) in [6.45, 7) is 0. The van der Waals surface area contributed by atoms with Gasteiger partial charge in [0.15, 0.2) is 0 Å². The molecule has 0 saturated carbocycles. The third-order valence-electron chi connectivity index (χ3n) is 1.38. The topological polar surface area (TPSA) is 12.9 Å². The third kappa shape index (κ3) is 2.57. The van der Waals surface area contributed by atoms with Crippen LogP contribution in [0.25, 0.3) is 0 Å². The Bertz CT molecular complexity index is 313. The molecule has 0 saturated heterocycles. The van der Waals surface area contributed by atoms with Crippen molar-refractivity contribution in [2.45, 2.75) is 12.1 Å². The molecule has 0 aliphatic rings. The number of hydrogen-bond acceptors (Lipinski definition) is 1. The fourth-order valence-electron chi connectivity index (χ4n) is 0.742. The maximum atomic E-state index is 12.1. The van der Waals surface area contributed by atoms with Gasteiger partial charge in [-0.2, -0.15) is 13.2 Å². The van der Waals surface area contributed by atoms with Crippen molar-refractivity contribution < 1.29 is 13.2 Å². The maximum Gasteiger partial charge on any atom is 0.417 e. The zero-order valence-corrected chi connectivity index (χ0v) is 8.54. The Morgan fingerprint density at radius 3 is 2.54 bits per heavy atom. The van der Waals surface area contributed by atoms with Crippen LogP contribution in [0.2, 0.25) is 0 Å². The van der Waals surface area contributed by atoms with Gasteiger partial charge in [-0.25, -0.2) is 4.98 Å². The molecule has 0 bridgehead atoms. The average molecular weight is 274 g/mol. The summed E-state index contributed by atoms with van der Waals surface area (Å²) >= 11 is 8.41. The van der Waals surface area contributed by atoms with Crippen LogP contribution in [0.4, 0.5) is 13.2 Å². The normalized spacial score (nSPS) is 11.8. The average Bonchev–Trinajstić information content (AvgIpc) is 2.03. The van der Waals surface area contributed by atoms with Gasteiger partial charge < -0.3 is 0 Å². The fraction of sp³-hybridized carbons (Fsp3) is 0.286. The molecule has 6 heteroatoms. The highest BCUT2D eigenvalue weighted by molar-refractivity contribution is 9.10. The van der Waals surface area contributed by atoms with Crippen molar-refractivity contribution in [2.75, 3.05) is 0 Å². The second-order valence-electron chi connectivity index (χ2n) is 2.31. The lowest BCUT2D eigenvalue weighted by Crippen LogP contribution is -2.06. The summed E-state index contributed by atoms with van der Waals surface area (Å²) in [5.74, 6) is -0.00248. The standard InChI is InChI=1S/C7H4BrClF3N/c8-6-4(2-9)1-5(3-13-6)7(10,11)12/h1,3H,2H2. The van der Waals surface area contributed by atoms with Crippen molar-refractivity contribution in [1.29, 1.82) is 0 Å². The number of hydrogen-bond donors (Lipinski definition) is 0. The van der Waals surface area contributed by atoms with E-state index in [2.05, 4.69) is 20.9 Å². The van der Waals surface area contributed by atoms with Crippen LogP contribution in [0.3, 0.4) is 0 Å². The van der Waals surface area contributed by atoms with Crippen molar-refractivity contribution in [2.24, 2.45) is 0 Å². The highest BCUT2D eigenvalue weighted by atomic mass is 79.9. The zero-order valence-electron chi connectivity index (χ0n) is 6.20. The Labute approximate surface area is 86.0 Å². The van der Waals surface area contributed by atoms with Crippen molar-refractivity contribution in [3.8, 4) is 0 Å². The number of aromatic nitrogens is 1. The van der Waals surface area contributed by atoms with E-state index in [0.717, 1.165) is 12.3 Å². The van der Waals surface area contributed by atoms with E-state index in [4.69, 9.17) is 11.6 Å². The van der Waals surface area contributed by atoms with E-state index in [1.54, 1.807) is 0 Å². The number of alkyl halides is 4. The number of pyridine rings is 1. The molecule has 0 spiro atoms. The minimum atomic E-state index is -4.37. The molecule has 0 radical (unpaired) electrons. The molecule has 0 atom stereocenters. The summed E-state index contributed by atoms with van der Waals surface area (Å²) in [6.07, 6.45) is -3.60. The van der Waals surface area contributed by atoms with Crippen molar-refractivity contribution in [3.63, 3.8) is 0 Å². The first-order chi connectivity index (χ1) is 5.95. The second kappa shape index (κ2) is 3.84. The Hall–Kier alpha value is -0.290. The minimum absolute atomic E-state index is 0.00248. The van der Waals surface area contributed by atoms with Gasteiger partial charge in [0.25, 0.3) is 0 Å². The molecule has 1 nitrogen and oxygen atoms in total. The van der Waals surface area contributed by atoms with Gasteiger partial charge in [-0.15, -0.1) is 11.6 Å². The van der Waals surface area contributed by atoms with Crippen LogP contribution in [0.5, 0.6) is 0 Å². The van der Waals surface area contributed by atoms with Crippen LogP contribution in [0.1, 0.15) is 11.1 Å². The van der Waals surface area contributed by atoms with Gasteiger partial charge in [-0.1, -0.05) is 0 Å². The van der Waals surface area contributed by atoms with Gasteiger partial charge in [0.1, 0.15) is 4.60 Å². The molecule has 1 aromatic heterocycles. The summed E-state index contributed by atoms with van der Waals surface area (Å²) in [5.41, 5.74) is -0.456. The Morgan fingerprint density at radius 1 is 1.46 bits per heavy atom. The third-order valence-corrected chi connectivity index (χ3v) is 2.38. The quantitative estimate of drug-likeness (QED) is 0.563. The molecule has 0 fully saturated rings. The lowest BCUT2D eigenvalue weighted by atomic mass is 10.2. The maximum absolute atomic E-state index is 12.1. The first kappa shape index (κ1) is 10.8. The van der Waals surface area contributed by atoms with Crippen LogP contribution in [-0.4, -0.2) is 4.98 Å². The van der Waals surface area contributed by atoms with E-state index < -0.39 is 11.7 Å². The Kier molecular flexibility index (Phi) is 3.18. The molecule has 0 aromatic carbocycles. The fourth-order valence-corrected chi connectivity index (χ4v) is 1.46. The van der Waals surface area contributed by atoms with Crippen LogP contribution < -0.4 is 0 Å². The van der Waals surface area contributed by atoms with Gasteiger partial charge in [0, 0.05) is 11.8 Å². The van der Waals surface area contributed by atoms with Gasteiger partial charge >= 0.3 is 6.18 Å². The molecule has 0 amide bonds. The van der Waals surface area contributed by atoms with E-state index >= 15 is 0 Å². The molecule has 13 heavy (non-hydrogen) atoms. The largest absolute Gasteiger partial charge is 0.417 e. The van der Waals surface area contributed by atoms with E-state index in [-0.39, 0.29) is 5.88 Å². The molecular formula is C7H4BrClF3N.